The number of hydrogen-bond acceptors (Lipinski definition) is 1. The highest BCUT2D eigenvalue weighted by atomic mass is 14.2. The van der Waals surface area contributed by atoms with Gasteiger partial charge in [-0.15, -0.1) is 0 Å². The van der Waals surface area contributed by atoms with Crippen LogP contribution >= 0.6 is 0 Å². The lowest BCUT2D eigenvalue weighted by Gasteiger charge is -2.26. The van der Waals surface area contributed by atoms with E-state index in [1.54, 1.807) is 12.1 Å². The van der Waals surface area contributed by atoms with E-state index in [1.807, 2.05) is 12.1 Å². The molecule has 0 radical (unpaired) electrons. The fraction of sp³-hybridized carbons (Fsp3) is 0.250. The molecule has 4 rings (SSSR count). The molecule has 3 aromatic rings. The van der Waals surface area contributed by atoms with Gasteiger partial charge in [0.05, 0.1) is 11.6 Å². The molecule has 1 heteroatoms. The van der Waals surface area contributed by atoms with E-state index in [2.05, 4.69) is 73.4 Å². The topological polar surface area (TPSA) is 23.8 Å². The predicted molar refractivity (Wildman–Crippen MR) is 119 cm³/mol. The number of rotatable bonds is 2. The van der Waals surface area contributed by atoms with Crippen LogP contribution in [0.2, 0.25) is 0 Å². The summed E-state index contributed by atoms with van der Waals surface area (Å²) in [5.74, 6) is 7.99. The molecule has 0 atom stereocenters. The highest BCUT2D eigenvalue weighted by Crippen LogP contribution is 2.36. The quantitative estimate of drug-likeness (QED) is 0.446. The maximum Gasteiger partial charge on any atom is 0.0991 e. The Hall–Kier alpha value is -3.29. The van der Waals surface area contributed by atoms with Crippen molar-refractivity contribution in [3.05, 3.63) is 95.1 Å². The first-order valence-electron chi connectivity index (χ1n) is 10.4. The van der Waals surface area contributed by atoms with Crippen molar-refractivity contribution < 1.29 is 0 Å². The normalized spacial score (nSPS) is 18.3. The molecule has 1 aliphatic carbocycles. The summed E-state index contributed by atoms with van der Waals surface area (Å²) < 4.78 is 0. The number of nitrogens with zero attached hydrogens (tertiary/aromatic N) is 1. The van der Waals surface area contributed by atoms with Gasteiger partial charge in [-0.3, -0.25) is 0 Å². The van der Waals surface area contributed by atoms with Gasteiger partial charge in [-0.25, -0.2) is 0 Å². The van der Waals surface area contributed by atoms with Gasteiger partial charge in [0.15, 0.2) is 0 Å². The van der Waals surface area contributed by atoms with Gasteiger partial charge in [0.2, 0.25) is 0 Å². The second-order valence-corrected chi connectivity index (χ2v) is 8.10. The van der Waals surface area contributed by atoms with Crippen LogP contribution in [0.4, 0.5) is 0 Å². The van der Waals surface area contributed by atoms with Crippen LogP contribution in [0.1, 0.15) is 60.8 Å². The molecule has 0 heterocycles. The van der Waals surface area contributed by atoms with Crippen LogP contribution in [-0.4, -0.2) is 0 Å². The number of nitriles is 1. The Morgan fingerprint density at radius 3 is 1.59 bits per heavy atom. The molecule has 3 aromatic carbocycles. The summed E-state index contributed by atoms with van der Waals surface area (Å²) in [4.78, 5) is 0. The molecule has 1 fully saturated rings. The van der Waals surface area contributed by atoms with Crippen molar-refractivity contribution in [1.29, 1.82) is 5.26 Å². The van der Waals surface area contributed by atoms with Crippen LogP contribution in [0.3, 0.4) is 0 Å². The van der Waals surface area contributed by atoms with Gasteiger partial charge in [0, 0.05) is 11.1 Å². The Morgan fingerprint density at radius 1 is 0.621 bits per heavy atom. The lowest BCUT2D eigenvalue weighted by Crippen LogP contribution is -2.10. The van der Waals surface area contributed by atoms with Crippen LogP contribution in [0.15, 0.2) is 72.8 Å². The molecule has 0 aliphatic heterocycles. The van der Waals surface area contributed by atoms with Gasteiger partial charge in [-0.05, 0) is 77.8 Å². The minimum Gasteiger partial charge on any atom is -0.192 e. The van der Waals surface area contributed by atoms with Crippen LogP contribution in [0.25, 0.3) is 11.1 Å². The lowest BCUT2D eigenvalue weighted by molar-refractivity contribution is 0.348. The first-order valence-corrected chi connectivity index (χ1v) is 10.4. The van der Waals surface area contributed by atoms with E-state index in [-0.39, 0.29) is 0 Å². The van der Waals surface area contributed by atoms with Crippen LogP contribution in [0, 0.1) is 29.1 Å². The minimum absolute atomic E-state index is 0.656. The summed E-state index contributed by atoms with van der Waals surface area (Å²) in [5.41, 5.74) is 6.53. The lowest BCUT2D eigenvalue weighted by atomic mass is 9.79. The summed E-state index contributed by atoms with van der Waals surface area (Å²) in [6.45, 7) is 2.37. The predicted octanol–water partition coefficient (Wildman–Crippen LogP) is 6.92. The molecular weight excluding hydrogens is 350 g/mol. The molecule has 0 aromatic heterocycles. The second kappa shape index (κ2) is 8.81. The van der Waals surface area contributed by atoms with Crippen LogP contribution in [0.5, 0.6) is 0 Å². The number of benzene rings is 3. The highest BCUT2D eigenvalue weighted by molar-refractivity contribution is 5.65. The SMILES string of the molecule is CC1CCC(c2ccc(-c3ccc(C#Cc4ccc(C#N)cc4)cc3)cc2)CC1. The molecule has 142 valence electrons. The molecule has 0 spiro atoms. The molecule has 0 saturated heterocycles. The van der Waals surface area contributed by atoms with Gasteiger partial charge in [-0.1, -0.05) is 68.0 Å². The second-order valence-electron chi connectivity index (χ2n) is 8.10. The standard InChI is InChI=1S/C28H25N/c1-21-2-12-25(13-3-21)27-16-18-28(19-17-27)26-14-10-23(11-15-26)5-4-22-6-8-24(20-29)9-7-22/h6-11,14-19,21,25H,2-3,12-13H2,1H3. The average molecular weight is 376 g/mol. The van der Waals surface area contributed by atoms with Gasteiger partial charge in [-0.2, -0.15) is 5.26 Å². The Labute approximate surface area is 174 Å². The Morgan fingerprint density at radius 2 is 1.07 bits per heavy atom. The Bertz CT molecular complexity index is 1050. The Balaban J connectivity index is 1.44. The zero-order valence-corrected chi connectivity index (χ0v) is 16.9. The van der Waals surface area contributed by atoms with Crippen molar-refractivity contribution in [3.63, 3.8) is 0 Å². The summed E-state index contributed by atoms with van der Waals surface area (Å²) in [7, 11) is 0. The Kier molecular flexibility index (Phi) is 5.79. The number of hydrogen-bond donors (Lipinski definition) is 0. The fourth-order valence-corrected chi connectivity index (χ4v) is 4.06. The first-order chi connectivity index (χ1) is 14.2. The molecular formula is C28H25N. The van der Waals surface area contributed by atoms with E-state index in [9.17, 15) is 0 Å². The highest BCUT2D eigenvalue weighted by Gasteiger charge is 2.19. The molecule has 29 heavy (non-hydrogen) atoms. The minimum atomic E-state index is 0.656. The van der Waals surface area contributed by atoms with E-state index in [1.165, 1.54) is 42.4 Å². The third-order valence-electron chi connectivity index (χ3n) is 5.98. The van der Waals surface area contributed by atoms with Crippen molar-refractivity contribution in [2.24, 2.45) is 5.92 Å². The molecule has 1 nitrogen and oxygen atoms in total. The van der Waals surface area contributed by atoms with Gasteiger partial charge in [0.1, 0.15) is 0 Å². The largest absolute Gasteiger partial charge is 0.192 e. The van der Waals surface area contributed by atoms with E-state index in [0.717, 1.165) is 23.0 Å². The molecule has 1 aliphatic rings. The zero-order chi connectivity index (χ0) is 20.1. The van der Waals surface area contributed by atoms with Gasteiger partial charge in [0.25, 0.3) is 0 Å². The smallest absolute Gasteiger partial charge is 0.0991 e. The molecule has 1 saturated carbocycles. The van der Waals surface area contributed by atoms with Crippen molar-refractivity contribution in [2.45, 2.75) is 38.5 Å². The first kappa shape index (κ1) is 19.0. The summed E-state index contributed by atoms with van der Waals surface area (Å²) in [6.07, 6.45) is 5.37. The van der Waals surface area contributed by atoms with E-state index in [0.29, 0.717) is 5.56 Å². The fourth-order valence-electron chi connectivity index (χ4n) is 4.06. The van der Waals surface area contributed by atoms with Crippen LogP contribution in [-0.2, 0) is 0 Å². The van der Waals surface area contributed by atoms with Crippen molar-refractivity contribution in [2.75, 3.05) is 0 Å². The molecule has 0 bridgehead atoms. The maximum atomic E-state index is 8.86. The maximum absolute atomic E-state index is 8.86. The zero-order valence-electron chi connectivity index (χ0n) is 16.9. The van der Waals surface area contributed by atoms with E-state index in [4.69, 9.17) is 5.26 Å². The third-order valence-corrected chi connectivity index (χ3v) is 5.98. The summed E-state index contributed by atoms with van der Waals surface area (Å²) in [5, 5.41) is 8.86. The van der Waals surface area contributed by atoms with E-state index >= 15 is 0 Å². The third kappa shape index (κ3) is 4.77. The van der Waals surface area contributed by atoms with Crippen molar-refractivity contribution in [3.8, 4) is 29.0 Å². The molecule has 0 amide bonds. The van der Waals surface area contributed by atoms with Gasteiger partial charge < -0.3 is 0 Å². The summed E-state index contributed by atoms with van der Waals surface area (Å²) in [6, 6.07) is 27.0. The molecule has 0 unspecified atom stereocenters. The monoisotopic (exact) mass is 375 g/mol. The van der Waals surface area contributed by atoms with Crippen molar-refractivity contribution in [1.82, 2.24) is 0 Å². The molecule has 0 N–H and O–H groups in total. The summed E-state index contributed by atoms with van der Waals surface area (Å²) >= 11 is 0. The average Bonchev–Trinajstić information content (AvgIpc) is 2.79. The van der Waals surface area contributed by atoms with Gasteiger partial charge >= 0.3 is 0 Å². The van der Waals surface area contributed by atoms with Crippen LogP contribution < -0.4 is 0 Å². The van der Waals surface area contributed by atoms with Crippen molar-refractivity contribution >= 4 is 0 Å². The van der Waals surface area contributed by atoms with E-state index < -0.39 is 0 Å².